The molecule has 35 heavy (non-hydrogen) atoms. The van der Waals surface area contributed by atoms with Gasteiger partial charge in [-0.05, 0) is 109 Å². The summed E-state index contributed by atoms with van der Waals surface area (Å²) in [5.41, 5.74) is 3.87. The van der Waals surface area contributed by atoms with E-state index in [4.69, 9.17) is 0 Å². The molecule has 3 fully saturated rings. The first-order valence-electron chi connectivity index (χ1n) is 15.1. The van der Waals surface area contributed by atoms with Gasteiger partial charge in [-0.3, -0.25) is 0 Å². The van der Waals surface area contributed by atoms with Gasteiger partial charge in [0.05, 0.1) is 6.10 Å². The minimum atomic E-state index is -0.156. The quantitative estimate of drug-likeness (QED) is 0.390. The van der Waals surface area contributed by atoms with Crippen LogP contribution in [-0.2, 0) is 6.42 Å². The maximum atomic E-state index is 10.9. The van der Waals surface area contributed by atoms with Crippen molar-refractivity contribution >= 4 is 0 Å². The van der Waals surface area contributed by atoms with Gasteiger partial charge in [0.1, 0.15) is 0 Å². The predicted octanol–water partition coefficient (Wildman–Crippen LogP) is 8.86. The summed E-state index contributed by atoms with van der Waals surface area (Å²) in [5, 5.41) is 10.9. The number of fused-ring (bicyclic) bond motifs is 5. The van der Waals surface area contributed by atoms with E-state index < -0.39 is 0 Å². The highest BCUT2D eigenvalue weighted by Gasteiger charge is 2.60. The van der Waals surface area contributed by atoms with Crippen LogP contribution in [0.5, 0.6) is 0 Å². The smallest absolute Gasteiger partial charge is 0.0580 e. The SMILES string of the molecule is CC(C)CCC[C@@H](C)[C@H]1CC[C@H]2[C@@H]3CC=C4C[C@@H](O)CC(Cc5ccccc5)[C@]4(C)[C@H]3CC[C@]12C. The molecule has 0 radical (unpaired) electrons. The maximum Gasteiger partial charge on any atom is 0.0580 e. The van der Waals surface area contributed by atoms with Crippen LogP contribution in [0.2, 0.25) is 0 Å². The molecule has 0 saturated heterocycles. The fourth-order valence-electron chi connectivity index (χ4n) is 10.1. The van der Waals surface area contributed by atoms with E-state index in [0.717, 1.165) is 54.8 Å². The molecule has 0 aliphatic heterocycles. The Kier molecular flexibility index (Phi) is 7.30. The number of aliphatic hydroxyl groups excluding tert-OH is 1. The maximum absolute atomic E-state index is 10.9. The Labute approximate surface area is 216 Å². The normalized spacial score (nSPS) is 41.6. The minimum Gasteiger partial charge on any atom is -0.393 e. The summed E-state index contributed by atoms with van der Waals surface area (Å²) in [5.74, 6) is 5.75. The Morgan fingerprint density at radius 2 is 1.74 bits per heavy atom. The second-order valence-corrected chi connectivity index (χ2v) is 14.1. The van der Waals surface area contributed by atoms with E-state index in [1.54, 1.807) is 5.57 Å². The van der Waals surface area contributed by atoms with Gasteiger partial charge < -0.3 is 5.11 Å². The predicted molar refractivity (Wildman–Crippen MR) is 148 cm³/mol. The van der Waals surface area contributed by atoms with Crippen LogP contribution >= 0.6 is 0 Å². The van der Waals surface area contributed by atoms with Crippen molar-refractivity contribution in [2.45, 2.75) is 111 Å². The summed E-state index contributed by atoms with van der Waals surface area (Å²) in [7, 11) is 0. The third kappa shape index (κ3) is 4.58. The fourth-order valence-corrected chi connectivity index (χ4v) is 10.1. The third-order valence-corrected chi connectivity index (χ3v) is 11.9. The number of hydrogen-bond donors (Lipinski definition) is 1. The first kappa shape index (κ1) is 25.6. The number of hydrogen-bond acceptors (Lipinski definition) is 1. The van der Waals surface area contributed by atoms with Gasteiger partial charge in [0.25, 0.3) is 0 Å². The summed E-state index contributed by atoms with van der Waals surface area (Å²) in [6, 6.07) is 11.1. The summed E-state index contributed by atoms with van der Waals surface area (Å²) >= 11 is 0. The number of benzene rings is 1. The molecule has 0 spiro atoms. The highest BCUT2D eigenvalue weighted by Crippen LogP contribution is 2.68. The molecule has 0 heterocycles. The van der Waals surface area contributed by atoms with Crippen LogP contribution < -0.4 is 0 Å². The van der Waals surface area contributed by atoms with Crippen LogP contribution in [0.25, 0.3) is 0 Å². The zero-order valence-electron chi connectivity index (χ0n) is 23.3. The Morgan fingerprint density at radius 1 is 0.971 bits per heavy atom. The zero-order chi connectivity index (χ0) is 24.8. The van der Waals surface area contributed by atoms with Crippen LogP contribution in [0, 0.1) is 52.3 Å². The number of rotatable bonds is 7. The lowest BCUT2D eigenvalue weighted by Crippen LogP contribution is -2.54. The van der Waals surface area contributed by atoms with Crippen molar-refractivity contribution in [2.24, 2.45) is 52.3 Å². The molecule has 1 unspecified atom stereocenters. The summed E-state index contributed by atoms with van der Waals surface area (Å²) in [6.45, 7) is 12.7. The molecular formula is C34H52O. The monoisotopic (exact) mass is 476 g/mol. The molecular weight excluding hydrogens is 424 g/mol. The van der Waals surface area contributed by atoms with E-state index in [0.29, 0.717) is 11.3 Å². The van der Waals surface area contributed by atoms with Crippen molar-refractivity contribution in [1.82, 2.24) is 0 Å². The van der Waals surface area contributed by atoms with E-state index in [1.807, 2.05) is 0 Å². The van der Waals surface area contributed by atoms with Gasteiger partial charge in [0.15, 0.2) is 0 Å². The van der Waals surface area contributed by atoms with Gasteiger partial charge in [-0.15, -0.1) is 0 Å². The molecule has 1 aromatic carbocycles. The molecule has 3 saturated carbocycles. The van der Waals surface area contributed by atoms with Crippen LogP contribution in [0.4, 0.5) is 0 Å². The first-order valence-corrected chi connectivity index (χ1v) is 15.1. The zero-order valence-corrected chi connectivity index (χ0v) is 23.3. The van der Waals surface area contributed by atoms with Gasteiger partial charge in [-0.1, -0.05) is 95.9 Å². The molecule has 0 aromatic heterocycles. The largest absolute Gasteiger partial charge is 0.393 e. The standard InChI is InChI=1S/C34H52O/c1-23(2)10-9-11-24(3)30-16-17-31-29-15-14-26-21-28(35)22-27(20-25-12-7-6-8-13-25)34(26,5)32(29)18-19-33(30,31)4/h6-8,12-14,23-24,27-32,35H,9-11,15-22H2,1-5H3/t24-,27?,28-,29+,30-,31+,32+,33-,34-/m1/s1. The number of allylic oxidation sites excluding steroid dienone is 1. The summed E-state index contributed by atoms with van der Waals surface area (Å²) in [4.78, 5) is 0. The van der Waals surface area contributed by atoms with Crippen LogP contribution in [-0.4, -0.2) is 11.2 Å². The van der Waals surface area contributed by atoms with Gasteiger partial charge >= 0.3 is 0 Å². The molecule has 1 heteroatoms. The minimum absolute atomic E-state index is 0.156. The topological polar surface area (TPSA) is 20.2 Å². The van der Waals surface area contributed by atoms with Gasteiger partial charge in [-0.2, -0.15) is 0 Å². The van der Waals surface area contributed by atoms with Crippen LogP contribution in [0.15, 0.2) is 42.0 Å². The van der Waals surface area contributed by atoms with Crippen molar-refractivity contribution in [3.63, 3.8) is 0 Å². The lowest BCUT2D eigenvalue weighted by molar-refractivity contribution is -0.0790. The van der Waals surface area contributed by atoms with E-state index in [9.17, 15) is 5.11 Å². The lowest BCUT2D eigenvalue weighted by atomic mass is 9.44. The van der Waals surface area contributed by atoms with Crippen molar-refractivity contribution in [2.75, 3.05) is 0 Å². The molecule has 4 aliphatic carbocycles. The van der Waals surface area contributed by atoms with E-state index in [2.05, 4.69) is 71.0 Å². The van der Waals surface area contributed by atoms with Crippen LogP contribution in [0.3, 0.4) is 0 Å². The van der Waals surface area contributed by atoms with Crippen molar-refractivity contribution in [3.8, 4) is 0 Å². The van der Waals surface area contributed by atoms with Gasteiger partial charge in [0.2, 0.25) is 0 Å². The van der Waals surface area contributed by atoms with Gasteiger partial charge in [-0.25, -0.2) is 0 Å². The summed E-state index contributed by atoms with van der Waals surface area (Å²) in [6.07, 6.45) is 16.8. The molecule has 0 bridgehead atoms. The second kappa shape index (κ2) is 10.00. The summed E-state index contributed by atoms with van der Waals surface area (Å²) < 4.78 is 0. The van der Waals surface area contributed by atoms with Crippen molar-refractivity contribution in [1.29, 1.82) is 0 Å². The Hall–Kier alpha value is -1.08. The molecule has 1 N–H and O–H groups in total. The first-order chi connectivity index (χ1) is 16.7. The van der Waals surface area contributed by atoms with Gasteiger partial charge in [0, 0.05) is 0 Å². The average Bonchev–Trinajstić information content (AvgIpc) is 3.18. The Balaban J connectivity index is 1.37. The van der Waals surface area contributed by atoms with Crippen LogP contribution in [0.1, 0.15) is 104 Å². The van der Waals surface area contributed by atoms with E-state index in [-0.39, 0.29) is 11.5 Å². The Morgan fingerprint density at radius 3 is 2.49 bits per heavy atom. The molecule has 5 rings (SSSR count). The molecule has 1 aromatic rings. The number of aliphatic hydroxyl groups is 1. The highest BCUT2D eigenvalue weighted by atomic mass is 16.3. The second-order valence-electron chi connectivity index (χ2n) is 14.1. The molecule has 0 amide bonds. The van der Waals surface area contributed by atoms with E-state index >= 15 is 0 Å². The third-order valence-electron chi connectivity index (χ3n) is 11.9. The van der Waals surface area contributed by atoms with Crippen molar-refractivity contribution < 1.29 is 5.11 Å². The highest BCUT2D eigenvalue weighted by molar-refractivity contribution is 5.29. The van der Waals surface area contributed by atoms with Crippen molar-refractivity contribution in [3.05, 3.63) is 47.5 Å². The fraction of sp³-hybridized carbons (Fsp3) is 0.765. The average molecular weight is 477 g/mol. The molecule has 9 atom stereocenters. The van der Waals surface area contributed by atoms with E-state index in [1.165, 1.54) is 56.9 Å². The Bertz CT molecular complexity index is 885. The molecule has 4 aliphatic rings. The molecule has 1 nitrogen and oxygen atoms in total. The lowest BCUT2D eigenvalue weighted by Gasteiger charge is -2.60. The molecule has 194 valence electrons.